The van der Waals surface area contributed by atoms with Gasteiger partial charge in [-0.05, 0) is 54.4 Å². The van der Waals surface area contributed by atoms with Gasteiger partial charge in [0.15, 0.2) is 0 Å². The van der Waals surface area contributed by atoms with Gasteiger partial charge in [-0.25, -0.2) is 4.79 Å². The first-order valence-electron chi connectivity index (χ1n) is 18.0. The first kappa shape index (κ1) is 44.5. The van der Waals surface area contributed by atoms with Crippen LogP contribution >= 0.6 is 0 Å². The quantitative estimate of drug-likeness (QED) is 0.0702. The van der Waals surface area contributed by atoms with E-state index in [2.05, 4.69) is 50.4 Å². The maximum Gasteiger partial charge on any atom is 0.328 e. The predicted molar refractivity (Wildman–Crippen MR) is 207 cm³/mol. The molecule has 0 aliphatic carbocycles. The van der Waals surface area contributed by atoms with Crippen LogP contribution in [-0.2, 0) is 47.4 Å². The van der Waals surface area contributed by atoms with Crippen molar-refractivity contribution in [1.82, 2.24) is 10.2 Å². The number of nitrogens with one attached hydrogen (secondary N) is 1. The number of likely N-dealkylation sites (tertiary alicyclic amines) is 1. The van der Waals surface area contributed by atoms with Gasteiger partial charge in [0.05, 0.1) is 31.6 Å². The predicted octanol–water partition coefficient (Wildman–Crippen LogP) is 3.41. The monoisotopic (exact) mass is 788 g/mol. The highest BCUT2D eigenvalue weighted by atomic mass is 32.2. The van der Waals surface area contributed by atoms with Crippen molar-refractivity contribution in [2.75, 3.05) is 38.7 Å². The van der Waals surface area contributed by atoms with Crippen LogP contribution in [0.3, 0.4) is 0 Å². The molecule has 1 aliphatic heterocycles. The molecule has 0 radical (unpaired) electrons. The number of aliphatic carboxylic acids is 1. The Morgan fingerprint density at radius 3 is 2.00 bits per heavy atom. The highest BCUT2D eigenvalue weighted by Crippen LogP contribution is 2.37. The van der Waals surface area contributed by atoms with Crippen LogP contribution in [0.5, 0.6) is 0 Å². The number of amides is 2. The third kappa shape index (κ3) is 13.1. The zero-order chi connectivity index (χ0) is 40.4. The van der Waals surface area contributed by atoms with Gasteiger partial charge < -0.3 is 29.2 Å². The Morgan fingerprint density at radius 1 is 0.907 bits per heavy atom. The molecule has 2 aromatic rings. The molecule has 0 unspecified atom stereocenters. The summed E-state index contributed by atoms with van der Waals surface area (Å²) in [4.78, 5) is 49.9. The number of hydrogen-bond acceptors (Lipinski definition) is 10. The van der Waals surface area contributed by atoms with E-state index in [0.717, 1.165) is 16.4 Å². The van der Waals surface area contributed by atoms with Crippen LogP contribution in [0.4, 0.5) is 0 Å². The van der Waals surface area contributed by atoms with E-state index in [9.17, 15) is 27.6 Å². The number of esters is 1. The summed E-state index contributed by atoms with van der Waals surface area (Å²) in [5.41, 5.74) is -1.36. The summed E-state index contributed by atoms with van der Waals surface area (Å²) in [7, 11) is -6.76. The summed E-state index contributed by atoms with van der Waals surface area (Å²) >= 11 is 0. The molecule has 2 atom stereocenters. The van der Waals surface area contributed by atoms with Gasteiger partial charge in [-0.1, -0.05) is 95.3 Å². The topological polar surface area (TPSA) is 175 Å². The van der Waals surface area contributed by atoms with Crippen LogP contribution in [-0.4, -0.2) is 107 Å². The van der Waals surface area contributed by atoms with Crippen LogP contribution in [0.2, 0.25) is 5.04 Å². The van der Waals surface area contributed by atoms with Crippen molar-refractivity contribution in [3.05, 3.63) is 72.8 Å². The first-order valence-corrected chi connectivity index (χ1v) is 21.5. The lowest BCUT2D eigenvalue weighted by atomic mass is 9.91. The van der Waals surface area contributed by atoms with Crippen molar-refractivity contribution >= 4 is 52.6 Å². The molecule has 1 aliphatic rings. The fourth-order valence-corrected chi connectivity index (χ4v) is 11.8. The molecule has 298 valence electrons. The van der Waals surface area contributed by atoms with Crippen molar-refractivity contribution in [1.29, 1.82) is 0 Å². The van der Waals surface area contributed by atoms with Crippen LogP contribution in [0.15, 0.2) is 72.8 Å². The van der Waals surface area contributed by atoms with E-state index in [1.807, 2.05) is 50.2 Å². The number of nitrogens with zero attached hydrogens (tertiary/aromatic N) is 1. The molecule has 3 rings (SSSR count). The smallest absolute Gasteiger partial charge is 0.328 e. The molecular weight excluding hydrogens is 733 g/mol. The van der Waals surface area contributed by atoms with E-state index < -0.39 is 77.6 Å². The lowest BCUT2D eigenvalue weighted by Crippen LogP contribution is -2.66. The number of carboxylic acids is 1. The van der Waals surface area contributed by atoms with Crippen LogP contribution in [0.1, 0.15) is 68.2 Å². The molecule has 2 N–H and O–H groups in total. The molecule has 15 heteroatoms. The van der Waals surface area contributed by atoms with Crippen molar-refractivity contribution in [3.63, 3.8) is 0 Å². The molecule has 2 aromatic carbocycles. The number of ether oxygens (including phenoxy) is 2. The fourth-order valence-electron chi connectivity index (χ4n) is 6.25. The fraction of sp³-hybridized carbons (Fsp3) is 0.538. The summed E-state index contributed by atoms with van der Waals surface area (Å²) in [6.07, 6.45) is 2.01. The second kappa shape index (κ2) is 18.6. The lowest BCUT2D eigenvalue weighted by molar-refractivity contribution is -0.159. The van der Waals surface area contributed by atoms with Gasteiger partial charge in [-0.2, -0.15) is 8.42 Å². The number of carboxylic acid groups (broad SMARTS) is 1. The Bertz CT molecular complexity index is 1680. The van der Waals surface area contributed by atoms with Crippen molar-refractivity contribution in [2.24, 2.45) is 5.41 Å². The van der Waals surface area contributed by atoms with E-state index in [4.69, 9.17) is 23.2 Å². The number of carbonyl (C=O) groups excluding carboxylic acids is 3. The maximum absolute atomic E-state index is 13.2. The largest absolute Gasteiger partial charge is 0.478 e. The Balaban J connectivity index is 1.58. The number of carbonyl (C=O) groups is 4. The molecule has 54 heavy (non-hydrogen) atoms. The average Bonchev–Trinajstić information content (AvgIpc) is 3.35. The number of hydrogen-bond donors (Lipinski definition) is 2. The molecule has 0 saturated carbocycles. The van der Waals surface area contributed by atoms with Crippen molar-refractivity contribution < 1.29 is 50.8 Å². The first-order chi connectivity index (χ1) is 25.1. The van der Waals surface area contributed by atoms with Gasteiger partial charge in [-0.3, -0.25) is 18.6 Å². The number of benzene rings is 2. The number of rotatable bonds is 19. The summed E-state index contributed by atoms with van der Waals surface area (Å²) < 4.78 is 49.3. The molecule has 0 spiro atoms. The van der Waals surface area contributed by atoms with Gasteiger partial charge in [0.2, 0.25) is 11.8 Å². The van der Waals surface area contributed by atoms with Gasteiger partial charge >= 0.3 is 11.9 Å². The van der Waals surface area contributed by atoms with Crippen molar-refractivity contribution in [3.8, 4) is 0 Å². The maximum atomic E-state index is 13.2. The van der Waals surface area contributed by atoms with E-state index >= 15 is 0 Å². The molecule has 0 aromatic heterocycles. The molecule has 13 nitrogen and oxygen atoms in total. The summed E-state index contributed by atoms with van der Waals surface area (Å²) in [6.45, 7) is 15.0. The van der Waals surface area contributed by atoms with Gasteiger partial charge in [0, 0.05) is 18.8 Å². The lowest BCUT2D eigenvalue weighted by Gasteiger charge is -2.43. The second-order valence-electron chi connectivity index (χ2n) is 16.2. The van der Waals surface area contributed by atoms with Crippen LogP contribution in [0.25, 0.3) is 0 Å². The van der Waals surface area contributed by atoms with E-state index in [1.54, 1.807) is 20.8 Å². The minimum Gasteiger partial charge on any atom is -0.478 e. The van der Waals surface area contributed by atoms with Gasteiger partial charge in [-0.15, -0.1) is 0 Å². The Labute approximate surface area is 320 Å². The van der Waals surface area contributed by atoms with E-state index in [1.165, 1.54) is 4.90 Å². The molecule has 1 fully saturated rings. The van der Waals surface area contributed by atoms with Gasteiger partial charge in [0.25, 0.3) is 18.4 Å². The SMILES string of the molecule is CC(C)(CCO[Si](c1ccccc1)(c1ccccc1)C(C)(C)C)COS(=O)(=O)CCOC[C@@H]1C[C@H](NC(=O)/C=C/C(=O)O)C(=O)N1CC(=O)OC(C)(C)C. The Hall–Kier alpha value is -3.89. The normalized spacial score (nSPS) is 17.2. The zero-order valence-electron chi connectivity index (χ0n) is 32.6. The minimum atomic E-state index is -4.00. The van der Waals surface area contributed by atoms with Crippen LogP contribution in [0, 0.1) is 5.41 Å². The molecular formula is C39H56N2O11SSi. The van der Waals surface area contributed by atoms with E-state index in [-0.39, 0.29) is 31.3 Å². The molecule has 0 bridgehead atoms. The van der Waals surface area contributed by atoms with Gasteiger partial charge in [0.1, 0.15) is 18.2 Å². The van der Waals surface area contributed by atoms with E-state index in [0.29, 0.717) is 19.1 Å². The Morgan fingerprint density at radius 2 is 1.48 bits per heavy atom. The van der Waals surface area contributed by atoms with Crippen molar-refractivity contribution in [2.45, 2.75) is 91.0 Å². The second-order valence-corrected chi connectivity index (χ2v) is 22.3. The standard InChI is InChI=1S/C39H56N2O11SSi/c1-37(2,3)52-35(45)26-41-29(25-32(36(41)46)40-33(42)19-20-34(43)44)27-49-23-24-53(47,48)50-28-39(7,8)21-22-51-54(38(4,5)6,30-15-11-9-12-16-30)31-17-13-10-14-18-31/h9-20,29,32H,21-28H2,1-8H3,(H,40,42)(H,43,44)/b20-19+/t29-,32-/m0/s1. The third-order valence-corrected chi connectivity index (χ3v) is 15.1. The third-order valence-electron chi connectivity index (χ3n) is 8.87. The molecule has 2 amide bonds. The zero-order valence-corrected chi connectivity index (χ0v) is 34.4. The van der Waals surface area contributed by atoms with Crippen LogP contribution < -0.4 is 15.7 Å². The molecule has 1 heterocycles. The Kier molecular flexibility index (Phi) is 15.4. The highest BCUT2D eigenvalue weighted by Gasteiger charge is 2.50. The highest BCUT2D eigenvalue weighted by molar-refractivity contribution is 7.86. The summed E-state index contributed by atoms with van der Waals surface area (Å²) in [6, 6.07) is 18.8. The summed E-state index contributed by atoms with van der Waals surface area (Å²) in [5.74, 6) is -3.83. The molecule has 1 saturated heterocycles. The average molecular weight is 789 g/mol. The summed E-state index contributed by atoms with van der Waals surface area (Å²) in [5, 5.41) is 13.4. The minimum absolute atomic E-state index is 0.0433.